The largest absolute Gasteiger partial charge is 0.480 e. The topological polar surface area (TPSA) is 67.8 Å². The van der Waals surface area contributed by atoms with Crippen molar-refractivity contribution in [2.24, 2.45) is 5.92 Å². The third kappa shape index (κ3) is 4.16. The van der Waals surface area contributed by atoms with Crippen molar-refractivity contribution in [3.8, 4) is 0 Å². The fourth-order valence-electron chi connectivity index (χ4n) is 2.93. The molecule has 0 bridgehead atoms. The quantitative estimate of drug-likeness (QED) is 0.669. The van der Waals surface area contributed by atoms with Gasteiger partial charge in [-0.25, -0.2) is 0 Å². The van der Waals surface area contributed by atoms with Crippen LogP contribution in [0.4, 0.5) is 0 Å². The minimum Gasteiger partial charge on any atom is -0.480 e. The lowest BCUT2D eigenvalue weighted by molar-refractivity contribution is -0.146. The molecule has 5 heteroatoms. The summed E-state index contributed by atoms with van der Waals surface area (Å²) in [7, 11) is 1.74. The first kappa shape index (κ1) is 16.4. The molecule has 0 aromatic rings. The average molecular weight is 273 g/mol. The molecule has 0 amide bonds. The van der Waals surface area contributed by atoms with Gasteiger partial charge in [0.2, 0.25) is 0 Å². The SMILES string of the molecule is CCOCC(C)OCCC1CCCC1(NC)C(=O)O. The van der Waals surface area contributed by atoms with Gasteiger partial charge in [-0.05, 0) is 46.1 Å². The first-order valence-electron chi connectivity index (χ1n) is 7.18. The first-order valence-corrected chi connectivity index (χ1v) is 7.18. The van der Waals surface area contributed by atoms with Crippen molar-refractivity contribution in [1.82, 2.24) is 5.32 Å². The molecule has 5 nitrogen and oxygen atoms in total. The van der Waals surface area contributed by atoms with Gasteiger partial charge in [0.25, 0.3) is 0 Å². The van der Waals surface area contributed by atoms with E-state index in [9.17, 15) is 9.90 Å². The Bertz CT molecular complexity index is 285. The lowest BCUT2D eigenvalue weighted by atomic mass is 9.85. The smallest absolute Gasteiger partial charge is 0.324 e. The van der Waals surface area contributed by atoms with Crippen molar-refractivity contribution in [2.45, 2.75) is 51.2 Å². The maximum Gasteiger partial charge on any atom is 0.324 e. The lowest BCUT2D eigenvalue weighted by Gasteiger charge is -2.31. The highest BCUT2D eigenvalue weighted by Crippen LogP contribution is 2.38. The van der Waals surface area contributed by atoms with Crippen LogP contribution < -0.4 is 5.32 Å². The Labute approximate surface area is 115 Å². The van der Waals surface area contributed by atoms with Crippen LogP contribution in [0.5, 0.6) is 0 Å². The molecular formula is C14H27NO4. The van der Waals surface area contributed by atoms with Crippen molar-refractivity contribution in [2.75, 3.05) is 26.9 Å². The highest BCUT2D eigenvalue weighted by molar-refractivity contribution is 5.79. The van der Waals surface area contributed by atoms with E-state index >= 15 is 0 Å². The minimum atomic E-state index is -0.757. The number of hydrogen-bond donors (Lipinski definition) is 2. The highest BCUT2D eigenvalue weighted by atomic mass is 16.5. The van der Waals surface area contributed by atoms with E-state index in [4.69, 9.17) is 9.47 Å². The zero-order valence-electron chi connectivity index (χ0n) is 12.3. The van der Waals surface area contributed by atoms with Gasteiger partial charge in [-0.3, -0.25) is 4.79 Å². The fraction of sp³-hybridized carbons (Fsp3) is 0.929. The van der Waals surface area contributed by atoms with Crippen LogP contribution in [0.25, 0.3) is 0 Å². The van der Waals surface area contributed by atoms with Gasteiger partial charge >= 0.3 is 5.97 Å². The molecule has 0 radical (unpaired) electrons. The van der Waals surface area contributed by atoms with Crippen LogP contribution in [0.15, 0.2) is 0 Å². The Morgan fingerprint density at radius 2 is 2.32 bits per heavy atom. The second-order valence-corrected chi connectivity index (χ2v) is 5.25. The molecule has 1 aliphatic rings. The number of aliphatic carboxylic acids is 1. The van der Waals surface area contributed by atoms with Gasteiger partial charge in [-0.1, -0.05) is 6.42 Å². The maximum absolute atomic E-state index is 11.5. The second-order valence-electron chi connectivity index (χ2n) is 5.25. The van der Waals surface area contributed by atoms with E-state index in [2.05, 4.69) is 5.32 Å². The predicted molar refractivity (Wildman–Crippen MR) is 73.3 cm³/mol. The summed E-state index contributed by atoms with van der Waals surface area (Å²) in [5.74, 6) is -0.589. The van der Waals surface area contributed by atoms with Gasteiger partial charge < -0.3 is 19.9 Å². The first-order chi connectivity index (χ1) is 9.06. The third-order valence-corrected chi connectivity index (χ3v) is 4.07. The van der Waals surface area contributed by atoms with E-state index < -0.39 is 11.5 Å². The summed E-state index contributed by atoms with van der Waals surface area (Å²) in [6, 6.07) is 0. The molecule has 0 saturated heterocycles. The molecule has 0 aromatic heterocycles. The molecule has 1 saturated carbocycles. The van der Waals surface area contributed by atoms with E-state index in [1.165, 1.54) is 0 Å². The van der Waals surface area contributed by atoms with Gasteiger partial charge in [0.05, 0.1) is 12.7 Å². The van der Waals surface area contributed by atoms with Crippen LogP contribution in [-0.4, -0.2) is 49.6 Å². The second kappa shape index (κ2) is 7.82. The number of ether oxygens (including phenoxy) is 2. The molecule has 0 spiro atoms. The normalized spacial score (nSPS) is 28.5. The Balaban J connectivity index is 2.37. The number of nitrogens with one attached hydrogen (secondary N) is 1. The average Bonchev–Trinajstić information content (AvgIpc) is 2.80. The van der Waals surface area contributed by atoms with E-state index in [1.807, 2.05) is 13.8 Å². The summed E-state index contributed by atoms with van der Waals surface area (Å²) in [5.41, 5.74) is -0.757. The molecule has 3 atom stereocenters. The molecule has 0 heterocycles. The summed E-state index contributed by atoms with van der Waals surface area (Å²) >= 11 is 0. The van der Waals surface area contributed by atoms with E-state index in [1.54, 1.807) is 7.05 Å². The Morgan fingerprint density at radius 3 is 2.89 bits per heavy atom. The molecule has 3 unspecified atom stereocenters. The number of likely N-dealkylation sites (N-methyl/N-ethyl adjacent to an activating group) is 1. The molecule has 0 aliphatic heterocycles. The van der Waals surface area contributed by atoms with Crippen LogP contribution >= 0.6 is 0 Å². The van der Waals surface area contributed by atoms with E-state index in [0.29, 0.717) is 26.2 Å². The number of carbonyl (C=O) groups is 1. The van der Waals surface area contributed by atoms with Crippen molar-refractivity contribution >= 4 is 5.97 Å². The molecule has 112 valence electrons. The highest BCUT2D eigenvalue weighted by Gasteiger charge is 2.47. The number of hydrogen-bond acceptors (Lipinski definition) is 4. The minimum absolute atomic E-state index is 0.0650. The van der Waals surface area contributed by atoms with Gasteiger partial charge in [0, 0.05) is 13.2 Å². The van der Waals surface area contributed by atoms with Crippen molar-refractivity contribution in [1.29, 1.82) is 0 Å². The number of rotatable bonds is 9. The summed E-state index contributed by atoms with van der Waals surface area (Å²) in [6.07, 6.45) is 3.47. The van der Waals surface area contributed by atoms with Crippen LogP contribution in [0, 0.1) is 5.92 Å². The van der Waals surface area contributed by atoms with Crippen LogP contribution in [0.3, 0.4) is 0 Å². The van der Waals surface area contributed by atoms with Crippen LogP contribution in [0.1, 0.15) is 39.5 Å². The maximum atomic E-state index is 11.5. The summed E-state index contributed by atoms with van der Waals surface area (Å²) in [4.78, 5) is 11.5. The van der Waals surface area contributed by atoms with Gasteiger partial charge in [-0.2, -0.15) is 0 Å². The monoisotopic (exact) mass is 273 g/mol. The lowest BCUT2D eigenvalue weighted by Crippen LogP contribution is -2.53. The van der Waals surface area contributed by atoms with Gasteiger partial charge in [0.1, 0.15) is 5.54 Å². The van der Waals surface area contributed by atoms with E-state index in [-0.39, 0.29) is 12.0 Å². The Kier molecular flexibility index (Phi) is 6.75. The van der Waals surface area contributed by atoms with Gasteiger partial charge in [0.15, 0.2) is 0 Å². The van der Waals surface area contributed by atoms with Crippen molar-refractivity contribution in [3.05, 3.63) is 0 Å². The molecule has 1 fully saturated rings. The summed E-state index contributed by atoms with van der Waals surface area (Å²) < 4.78 is 11.0. The molecule has 0 aromatic carbocycles. The Morgan fingerprint density at radius 1 is 1.58 bits per heavy atom. The Hall–Kier alpha value is -0.650. The van der Waals surface area contributed by atoms with Crippen LogP contribution in [0.2, 0.25) is 0 Å². The van der Waals surface area contributed by atoms with Crippen LogP contribution in [-0.2, 0) is 14.3 Å². The summed E-state index contributed by atoms with van der Waals surface area (Å²) in [5, 5.41) is 12.5. The van der Waals surface area contributed by atoms with Crippen molar-refractivity contribution in [3.63, 3.8) is 0 Å². The molecule has 1 rings (SSSR count). The van der Waals surface area contributed by atoms with Crippen molar-refractivity contribution < 1.29 is 19.4 Å². The molecule has 2 N–H and O–H groups in total. The molecule has 1 aliphatic carbocycles. The zero-order valence-corrected chi connectivity index (χ0v) is 12.3. The molecular weight excluding hydrogens is 246 g/mol. The van der Waals surface area contributed by atoms with Gasteiger partial charge in [-0.15, -0.1) is 0 Å². The fourth-order valence-corrected chi connectivity index (χ4v) is 2.93. The summed E-state index contributed by atoms with van der Waals surface area (Å²) in [6.45, 7) is 5.82. The molecule has 19 heavy (non-hydrogen) atoms. The zero-order chi connectivity index (χ0) is 14.3. The standard InChI is InChI=1S/C14H27NO4/c1-4-18-10-11(2)19-9-7-12-6-5-8-14(12,15-3)13(16)17/h11-12,15H,4-10H2,1-3H3,(H,16,17). The van der Waals surface area contributed by atoms with E-state index in [0.717, 1.165) is 19.3 Å². The third-order valence-electron chi connectivity index (χ3n) is 4.07. The number of carboxylic acid groups (broad SMARTS) is 1. The predicted octanol–water partition coefficient (Wildman–Crippen LogP) is 1.66. The number of carboxylic acids is 1.